The number of non-ortho nitro benzene ring substituents is 1. The van der Waals surface area contributed by atoms with Gasteiger partial charge in [0.05, 0.1) is 15.5 Å². The number of nitrogens with one attached hydrogen (secondary N) is 1. The van der Waals surface area contributed by atoms with Crippen molar-refractivity contribution in [1.29, 1.82) is 0 Å². The fraction of sp³-hybridized carbons (Fsp3) is 0.389. The van der Waals surface area contributed by atoms with E-state index in [9.17, 15) is 18.5 Å². The highest BCUT2D eigenvalue weighted by Gasteiger charge is 2.24. The number of nitrogens with zero attached hydrogens (tertiary/aromatic N) is 3. The fourth-order valence-electron chi connectivity index (χ4n) is 3.23. The number of sulfone groups is 1. The number of pyridine rings is 1. The van der Waals surface area contributed by atoms with Crippen LogP contribution in [0.5, 0.6) is 0 Å². The largest absolute Gasteiger partial charge is 0.381 e. The molecule has 0 radical (unpaired) electrons. The molecule has 2 heterocycles. The molecule has 0 saturated carbocycles. The van der Waals surface area contributed by atoms with Crippen LogP contribution >= 0.6 is 0 Å². The smallest absolute Gasteiger partial charge is 0.270 e. The summed E-state index contributed by atoms with van der Waals surface area (Å²) in [5.74, 6) is 0.945. The third-order valence-electron chi connectivity index (χ3n) is 4.63. The van der Waals surface area contributed by atoms with E-state index >= 15 is 0 Å². The number of anilines is 2. The maximum atomic E-state index is 12.1. The first-order chi connectivity index (χ1) is 12.7. The minimum Gasteiger partial charge on any atom is -0.381 e. The molecule has 1 saturated heterocycles. The van der Waals surface area contributed by atoms with Crippen molar-refractivity contribution in [3.8, 4) is 0 Å². The summed E-state index contributed by atoms with van der Waals surface area (Å²) < 4.78 is 24.1. The van der Waals surface area contributed by atoms with E-state index in [4.69, 9.17) is 0 Å². The third-order valence-corrected chi connectivity index (χ3v) is 5.76. The van der Waals surface area contributed by atoms with E-state index in [1.807, 2.05) is 25.1 Å². The molecule has 27 heavy (non-hydrogen) atoms. The van der Waals surface area contributed by atoms with Gasteiger partial charge in [0.2, 0.25) is 0 Å². The van der Waals surface area contributed by atoms with Crippen molar-refractivity contribution in [2.75, 3.05) is 29.6 Å². The number of aryl methyl sites for hydroxylation is 1. The number of nitro groups is 1. The van der Waals surface area contributed by atoms with Crippen LogP contribution in [0.2, 0.25) is 0 Å². The van der Waals surface area contributed by atoms with Crippen LogP contribution in [-0.4, -0.2) is 43.7 Å². The Balaban J connectivity index is 1.73. The van der Waals surface area contributed by atoms with Gasteiger partial charge in [-0.15, -0.1) is 0 Å². The first kappa shape index (κ1) is 19.1. The highest BCUT2D eigenvalue weighted by molar-refractivity contribution is 7.90. The van der Waals surface area contributed by atoms with Gasteiger partial charge in [0, 0.05) is 43.2 Å². The summed E-state index contributed by atoms with van der Waals surface area (Å²) in [6, 6.07) is 9.93. The summed E-state index contributed by atoms with van der Waals surface area (Å²) >= 11 is 0. The van der Waals surface area contributed by atoms with Gasteiger partial charge in [0.15, 0.2) is 9.84 Å². The van der Waals surface area contributed by atoms with Crippen molar-refractivity contribution in [3.05, 3.63) is 52.2 Å². The number of hydrogen-bond acceptors (Lipinski definition) is 7. The lowest BCUT2D eigenvalue weighted by Crippen LogP contribution is -2.39. The van der Waals surface area contributed by atoms with Crippen LogP contribution in [0.25, 0.3) is 0 Å². The van der Waals surface area contributed by atoms with E-state index < -0.39 is 14.8 Å². The molecule has 0 atom stereocenters. The third kappa shape index (κ3) is 4.54. The molecule has 0 unspecified atom stereocenters. The summed E-state index contributed by atoms with van der Waals surface area (Å²) in [5, 5.41) is 14.2. The Morgan fingerprint density at radius 1 is 1.22 bits per heavy atom. The van der Waals surface area contributed by atoms with Gasteiger partial charge in [-0.05, 0) is 38.0 Å². The van der Waals surface area contributed by atoms with Crippen molar-refractivity contribution in [1.82, 2.24) is 4.98 Å². The Morgan fingerprint density at radius 2 is 1.93 bits per heavy atom. The average molecular weight is 390 g/mol. The van der Waals surface area contributed by atoms with E-state index in [-0.39, 0.29) is 16.6 Å². The number of aromatic nitrogens is 1. The predicted octanol–water partition coefficient (Wildman–Crippen LogP) is 2.78. The molecule has 1 aromatic heterocycles. The number of rotatable bonds is 5. The van der Waals surface area contributed by atoms with E-state index in [0.717, 1.165) is 49.8 Å². The van der Waals surface area contributed by atoms with Crippen LogP contribution in [0.1, 0.15) is 18.5 Å². The molecule has 1 N–H and O–H groups in total. The normalized spacial score (nSPS) is 15.6. The molecular weight excluding hydrogens is 368 g/mol. The molecule has 0 aliphatic carbocycles. The van der Waals surface area contributed by atoms with Gasteiger partial charge in [0.25, 0.3) is 5.69 Å². The molecule has 0 spiro atoms. The molecular formula is C18H22N4O4S. The Morgan fingerprint density at radius 3 is 2.52 bits per heavy atom. The van der Waals surface area contributed by atoms with Gasteiger partial charge < -0.3 is 10.2 Å². The molecule has 1 aliphatic heterocycles. The van der Waals surface area contributed by atoms with Gasteiger partial charge in [-0.2, -0.15) is 0 Å². The lowest BCUT2D eigenvalue weighted by atomic mass is 10.0. The first-order valence-electron chi connectivity index (χ1n) is 8.67. The van der Waals surface area contributed by atoms with Crippen molar-refractivity contribution < 1.29 is 13.3 Å². The van der Waals surface area contributed by atoms with Gasteiger partial charge in [-0.25, -0.2) is 13.4 Å². The van der Waals surface area contributed by atoms with Gasteiger partial charge in [-0.1, -0.05) is 6.07 Å². The lowest BCUT2D eigenvalue weighted by molar-refractivity contribution is -0.385. The van der Waals surface area contributed by atoms with Gasteiger partial charge in [-0.3, -0.25) is 10.1 Å². The maximum Gasteiger partial charge on any atom is 0.270 e. The molecule has 1 fully saturated rings. The Hall–Kier alpha value is -2.68. The fourth-order valence-corrected chi connectivity index (χ4v) is 4.09. The Labute approximate surface area is 158 Å². The number of benzene rings is 1. The first-order valence-corrected chi connectivity index (χ1v) is 10.6. The zero-order valence-corrected chi connectivity index (χ0v) is 16.1. The highest BCUT2D eigenvalue weighted by atomic mass is 32.2. The molecule has 0 bridgehead atoms. The summed E-state index contributed by atoms with van der Waals surface area (Å²) in [5.41, 5.74) is 1.15. The summed E-state index contributed by atoms with van der Waals surface area (Å²) in [7, 11) is -3.59. The summed E-state index contributed by atoms with van der Waals surface area (Å²) in [6.45, 7) is 3.56. The molecule has 8 nitrogen and oxygen atoms in total. The zero-order chi connectivity index (χ0) is 19.6. The van der Waals surface area contributed by atoms with Crippen molar-refractivity contribution in [3.63, 3.8) is 0 Å². The van der Waals surface area contributed by atoms with E-state index in [1.165, 1.54) is 12.1 Å². The summed E-state index contributed by atoms with van der Waals surface area (Å²) in [6.07, 6.45) is 2.69. The SMILES string of the molecule is Cc1cccc(N2CCC(Nc3ccc([N+](=O)[O-])cc3S(C)(=O)=O)CC2)n1. The second kappa shape index (κ2) is 7.51. The maximum absolute atomic E-state index is 12.1. The summed E-state index contributed by atoms with van der Waals surface area (Å²) in [4.78, 5) is 17.1. The molecule has 1 aromatic carbocycles. The van der Waals surface area contributed by atoms with Crippen LogP contribution in [0.3, 0.4) is 0 Å². The van der Waals surface area contributed by atoms with Crippen LogP contribution in [0.4, 0.5) is 17.2 Å². The molecule has 3 rings (SSSR count). The monoisotopic (exact) mass is 390 g/mol. The molecule has 0 amide bonds. The number of nitro benzene ring substituents is 1. The minimum absolute atomic E-state index is 0.0421. The quantitative estimate of drug-likeness (QED) is 0.618. The average Bonchev–Trinajstić information content (AvgIpc) is 2.61. The predicted molar refractivity (Wildman–Crippen MR) is 104 cm³/mol. The molecule has 1 aliphatic rings. The van der Waals surface area contributed by atoms with Crippen LogP contribution in [0.15, 0.2) is 41.3 Å². The van der Waals surface area contributed by atoms with Crippen molar-refractivity contribution in [2.24, 2.45) is 0 Å². The van der Waals surface area contributed by atoms with Crippen molar-refractivity contribution >= 4 is 27.0 Å². The topological polar surface area (TPSA) is 105 Å². The minimum atomic E-state index is -3.59. The van der Waals surface area contributed by atoms with Gasteiger partial charge in [0.1, 0.15) is 5.82 Å². The standard InChI is InChI=1S/C18H22N4O4S/c1-13-4-3-5-18(19-13)21-10-8-14(9-11-21)20-16-7-6-15(22(23)24)12-17(16)27(2,25)26/h3-7,12,14,20H,8-11H2,1-2H3. The van der Waals surface area contributed by atoms with E-state index in [0.29, 0.717) is 5.69 Å². The second-order valence-electron chi connectivity index (χ2n) is 6.75. The lowest BCUT2D eigenvalue weighted by Gasteiger charge is -2.34. The van der Waals surface area contributed by atoms with Crippen LogP contribution in [-0.2, 0) is 9.84 Å². The Bertz CT molecular complexity index is 954. The Kier molecular flexibility index (Phi) is 5.31. The van der Waals surface area contributed by atoms with Crippen LogP contribution in [0, 0.1) is 17.0 Å². The number of piperidine rings is 1. The van der Waals surface area contributed by atoms with E-state index in [2.05, 4.69) is 15.2 Å². The molecule has 9 heteroatoms. The van der Waals surface area contributed by atoms with Crippen molar-refractivity contribution in [2.45, 2.75) is 30.7 Å². The van der Waals surface area contributed by atoms with Gasteiger partial charge >= 0.3 is 0 Å². The molecule has 2 aromatic rings. The number of hydrogen-bond donors (Lipinski definition) is 1. The van der Waals surface area contributed by atoms with Crippen LogP contribution < -0.4 is 10.2 Å². The zero-order valence-electron chi connectivity index (χ0n) is 15.3. The molecule has 144 valence electrons. The highest BCUT2D eigenvalue weighted by Crippen LogP contribution is 2.29. The van der Waals surface area contributed by atoms with E-state index in [1.54, 1.807) is 0 Å². The second-order valence-corrected chi connectivity index (χ2v) is 8.74.